The van der Waals surface area contributed by atoms with Crippen molar-refractivity contribution in [3.05, 3.63) is 47.2 Å². The first-order chi connectivity index (χ1) is 12.7. The highest BCUT2D eigenvalue weighted by atomic mass is 127. The molecule has 2 heterocycles. The number of hydrogen-bond acceptors (Lipinski definition) is 4. The fourth-order valence-corrected chi connectivity index (χ4v) is 3.05. The van der Waals surface area contributed by atoms with Gasteiger partial charge in [-0.05, 0) is 18.2 Å². The van der Waals surface area contributed by atoms with Crippen molar-refractivity contribution in [3.63, 3.8) is 0 Å². The largest absolute Gasteiger partial charge is 0.492 e. The number of hydrogen-bond donors (Lipinski definition) is 1. The van der Waals surface area contributed by atoms with E-state index in [0.29, 0.717) is 24.8 Å². The predicted octanol–water partition coefficient (Wildman–Crippen LogP) is 2.72. The average molecular weight is 506 g/mol. The monoisotopic (exact) mass is 505 g/mol. The molecule has 1 unspecified atom stereocenters. The number of halogens is 2. The molecule has 9 heteroatoms. The highest BCUT2D eigenvalue weighted by Gasteiger charge is 2.24. The molecule has 1 saturated heterocycles. The van der Waals surface area contributed by atoms with Gasteiger partial charge < -0.3 is 19.7 Å². The number of nitrogens with one attached hydrogen (secondary N) is 1. The Morgan fingerprint density at radius 1 is 1.48 bits per heavy atom. The van der Waals surface area contributed by atoms with Crippen molar-refractivity contribution in [2.45, 2.75) is 6.10 Å². The van der Waals surface area contributed by atoms with Gasteiger partial charge >= 0.3 is 0 Å². The first-order valence-electron chi connectivity index (χ1n) is 8.60. The van der Waals surface area contributed by atoms with Gasteiger partial charge in [-0.2, -0.15) is 5.10 Å². The molecule has 0 aliphatic carbocycles. The maximum atomic E-state index is 5.96. The smallest absolute Gasteiger partial charge is 0.193 e. The Balaban J connectivity index is 0.00000261. The van der Waals surface area contributed by atoms with Crippen molar-refractivity contribution in [2.24, 2.45) is 12.0 Å². The molecule has 0 bridgehead atoms. The first kappa shape index (κ1) is 21.8. The highest BCUT2D eigenvalue weighted by Crippen LogP contribution is 2.21. The summed E-state index contributed by atoms with van der Waals surface area (Å²) in [6, 6.07) is 7.39. The predicted molar refractivity (Wildman–Crippen MR) is 117 cm³/mol. The molecular formula is C18H25ClIN5O2. The molecular weight excluding hydrogens is 481 g/mol. The average Bonchev–Trinajstić information content (AvgIpc) is 3.08. The Bertz CT molecular complexity index is 755. The van der Waals surface area contributed by atoms with E-state index in [0.717, 1.165) is 30.4 Å². The quantitative estimate of drug-likeness (QED) is 0.293. The summed E-state index contributed by atoms with van der Waals surface area (Å²) in [5.74, 6) is 1.61. The van der Waals surface area contributed by atoms with Gasteiger partial charge in [-0.15, -0.1) is 24.0 Å². The Hall–Kier alpha value is -1.52. The zero-order valence-corrected chi connectivity index (χ0v) is 18.6. The minimum absolute atomic E-state index is 0. The van der Waals surface area contributed by atoms with E-state index in [4.69, 9.17) is 21.1 Å². The van der Waals surface area contributed by atoms with Gasteiger partial charge in [-0.25, -0.2) is 0 Å². The summed E-state index contributed by atoms with van der Waals surface area (Å²) in [5, 5.41) is 8.23. The number of aryl methyl sites for hydroxylation is 1. The molecule has 7 nitrogen and oxygen atoms in total. The van der Waals surface area contributed by atoms with Crippen LogP contribution in [0, 0.1) is 0 Å². The van der Waals surface area contributed by atoms with Crippen molar-refractivity contribution in [1.82, 2.24) is 20.0 Å². The van der Waals surface area contributed by atoms with E-state index in [1.807, 2.05) is 37.6 Å². The lowest BCUT2D eigenvalue weighted by atomic mass is 10.1. The van der Waals surface area contributed by atoms with Crippen molar-refractivity contribution < 1.29 is 9.47 Å². The van der Waals surface area contributed by atoms with Crippen LogP contribution in [0.2, 0.25) is 5.02 Å². The van der Waals surface area contributed by atoms with Crippen molar-refractivity contribution in [1.29, 1.82) is 0 Å². The molecule has 1 aromatic carbocycles. The summed E-state index contributed by atoms with van der Waals surface area (Å²) >= 11 is 5.96. The fraction of sp³-hybridized carbons (Fsp3) is 0.444. The number of aliphatic imine (C=N–C) groups is 1. The summed E-state index contributed by atoms with van der Waals surface area (Å²) in [5.41, 5.74) is 1.08. The van der Waals surface area contributed by atoms with Gasteiger partial charge in [0.05, 0.1) is 25.9 Å². The van der Waals surface area contributed by atoms with E-state index in [1.54, 1.807) is 17.8 Å². The zero-order valence-electron chi connectivity index (χ0n) is 15.5. The molecule has 0 saturated carbocycles. The topological polar surface area (TPSA) is 63.9 Å². The second-order valence-electron chi connectivity index (χ2n) is 6.03. The lowest BCUT2D eigenvalue weighted by Crippen LogP contribution is -2.48. The third-order valence-electron chi connectivity index (χ3n) is 4.12. The number of ether oxygens (including phenoxy) is 2. The van der Waals surface area contributed by atoms with Crippen LogP contribution in [-0.4, -0.2) is 60.5 Å². The van der Waals surface area contributed by atoms with E-state index in [-0.39, 0.29) is 30.1 Å². The van der Waals surface area contributed by atoms with Crippen LogP contribution in [0.4, 0.5) is 0 Å². The summed E-state index contributed by atoms with van der Waals surface area (Å²) in [6.07, 6.45) is 3.84. The molecule has 1 aliphatic heterocycles. The van der Waals surface area contributed by atoms with Crippen LogP contribution in [0.5, 0.6) is 5.75 Å². The molecule has 1 atom stereocenters. The first-order valence-corrected chi connectivity index (χ1v) is 8.97. The molecule has 0 spiro atoms. The van der Waals surface area contributed by atoms with E-state index in [1.165, 1.54) is 0 Å². The van der Waals surface area contributed by atoms with Crippen LogP contribution in [0.25, 0.3) is 0 Å². The van der Waals surface area contributed by atoms with Gasteiger partial charge in [-0.1, -0.05) is 17.7 Å². The molecule has 1 aliphatic rings. The lowest BCUT2D eigenvalue weighted by Gasteiger charge is -2.34. The summed E-state index contributed by atoms with van der Waals surface area (Å²) in [4.78, 5) is 6.58. The van der Waals surface area contributed by atoms with Crippen molar-refractivity contribution in [2.75, 3.05) is 39.9 Å². The van der Waals surface area contributed by atoms with Gasteiger partial charge in [0, 0.05) is 37.4 Å². The van der Waals surface area contributed by atoms with E-state index >= 15 is 0 Å². The summed E-state index contributed by atoms with van der Waals surface area (Å²) in [6.45, 7) is 3.36. The third kappa shape index (κ3) is 6.25. The fourth-order valence-electron chi connectivity index (χ4n) is 2.87. The standard InChI is InChI=1S/C18H24ClN5O2.HI/c1-20-18(21-6-8-25-16-5-3-4-15(19)10-16)24-7-9-26-17(13-24)14-11-22-23(2)12-14;/h3-5,10-12,17H,6-9,13H2,1-2H3,(H,20,21);1H. The van der Waals surface area contributed by atoms with Crippen LogP contribution >= 0.6 is 35.6 Å². The molecule has 1 aromatic heterocycles. The van der Waals surface area contributed by atoms with Crippen LogP contribution in [0.1, 0.15) is 11.7 Å². The zero-order chi connectivity index (χ0) is 18.4. The highest BCUT2D eigenvalue weighted by molar-refractivity contribution is 14.0. The normalized spacial score (nSPS) is 17.4. The molecule has 0 radical (unpaired) electrons. The number of rotatable bonds is 5. The Morgan fingerprint density at radius 3 is 3.04 bits per heavy atom. The van der Waals surface area contributed by atoms with E-state index in [9.17, 15) is 0 Å². The van der Waals surface area contributed by atoms with Crippen LogP contribution in [0.15, 0.2) is 41.7 Å². The molecule has 3 rings (SSSR count). The van der Waals surface area contributed by atoms with Crippen molar-refractivity contribution in [3.8, 4) is 5.75 Å². The Labute approximate surface area is 181 Å². The molecule has 27 heavy (non-hydrogen) atoms. The minimum atomic E-state index is -0.00119. The van der Waals surface area contributed by atoms with Gasteiger partial charge in [0.2, 0.25) is 0 Å². The number of nitrogens with zero attached hydrogens (tertiary/aromatic N) is 4. The van der Waals surface area contributed by atoms with Gasteiger partial charge in [-0.3, -0.25) is 9.67 Å². The summed E-state index contributed by atoms with van der Waals surface area (Å²) in [7, 11) is 3.69. The second-order valence-corrected chi connectivity index (χ2v) is 6.47. The third-order valence-corrected chi connectivity index (χ3v) is 4.36. The number of aromatic nitrogens is 2. The number of morpholine rings is 1. The van der Waals surface area contributed by atoms with Gasteiger partial charge in [0.15, 0.2) is 5.96 Å². The Morgan fingerprint density at radius 2 is 2.33 bits per heavy atom. The lowest BCUT2D eigenvalue weighted by molar-refractivity contribution is -0.00805. The molecule has 0 amide bonds. The minimum Gasteiger partial charge on any atom is -0.492 e. The molecule has 2 aromatic rings. The number of benzene rings is 1. The van der Waals surface area contributed by atoms with E-state index in [2.05, 4.69) is 20.3 Å². The van der Waals surface area contributed by atoms with E-state index < -0.39 is 0 Å². The SMILES string of the molecule is CN=C(NCCOc1cccc(Cl)c1)N1CCOC(c2cnn(C)c2)C1.I. The van der Waals surface area contributed by atoms with Crippen LogP contribution < -0.4 is 10.1 Å². The number of guanidine groups is 1. The van der Waals surface area contributed by atoms with Crippen molar-refractivity contribution >= 4 is 41.5 Å². The molecule has 148 valence electrons. The second kappa shape index (κ2) is 10.7. The summed E-state index contributed by atoms with van der Waals surface area (Å²) < 4.78 is 13.4. The van der Waals surface area contributed by atoms with Gasteiger partial charge in [0.25, 0.3) is 0 Å². The Kier molecular flexibility index (Phi) is 8.65. The van der Waals surface area contributed by atoms with Crippen LogP contribution in [0.3, 0.4) is 0 Å². The molecule has 1 N–H and O–H groups in total. The van der Waals surface area contributed by atoms with Crippen LogP contribution in [-0.2, 0) is 11.8 Å². The maximum absolute atomic E-state index is 5.96. The van der Waals surface area contributed by atoms with Gasteiger partial charge in [0.1, 0.15) is 18.5 Å². The maximum Gasteiger partial charge on any atom is 0.193 e. The molecule has 1 fully saturated rings.